The largest absolute Gasteiger partial charge is 0.342 e. The van der Waals surface area contributed by atoms with E-state index in [4.69, 9.17) is 0 Å². The van der Waals surface area contributed by atoms with Crippen LogP contribution >= 0.6 is 11.8 Å². The highest BCUT2D eigenvalue weighted by atomic mass is 32.2. The molecule has 1 fully saturated rings. The van der Waals surface area contributed by atoms with Crippen LogP contribution in [0, 0.1) is 5.82 Å². The topological polar surface area (TPSA) is 67.2 Å². The van der Waals surface area contributed by atoms with E-state index in [1.165, 1.54) is 23.9 Å². The van der Waals surface area contributed by atoms with Crippen molar-refractivity contribution < 1.29 is 14.0 Å². The summed E-state index contributed by atoms with van der Waals surface area (Å²) in [6, 6.07) is 5.56. The Morgan fingerprint density at radius 1 is 1.48 bits per heavy atom. The van der Waals surface area contributed by atoms with Gasteiger partial charge in [0.15, 0.2) is 0 Å². The molecule has 0 bridgehead atoms. The van der Waals surface area contributed by atoms with E-state index in [9.17, 15) is 14.0 Å². The second kappa shape index (κ2) is 7.69. The number of thioether (sulfide) groups is 1. The number of benzene rings is 1. The third-order valence-corrected chi connectivity index (χ3v) is 4.95. The number of aryl methyl sites for hydroxylation is 1. The first-order chi connectivity index (χ1) is 12.0. The maximum absolute atomic E-state index is 13.6. The molecular weight excluding hydrogens is 343 g/mol. The van der Waals surface area contributed by atoms with Gasteiger partial charge in [0.1, 0.15) is 17.7 Å². The zero-order chi connectivity index (χ0) is 17.8. The van der Waals surface area contributed by atoms with Gasteiger partial charge in [0.25, 0.3) is 5.24 Å². The summed E-state index contributed by atoms with van der Waals surface area (Å²) in [5.74, 6) is 0.805. The Morgan fingerprint density at radius 2 is 2.32 bits per heavy atom. The zero-order valence-corrected chi connectivity index (χ0v) is 14.6. The van der Waals surface area contributed by atoms with Crippen molar-refractivity contribution in [3.05, 3.63) is 53.9 Å². The van der Waals surface area contributed by atoms with Gasteiger partial charge in [0, 0.05) is 44.7 Å². The van der Waals surface area contributed by atoms with Crippen LogP contribution in [0.2, 0.25) is 0 Å². The van der Waals surface area contributed by atoms with Crippen LogP contribution in [0.4, 0.5) is 9.18 Å². The molecule has 0 spiro atoms. The number of nitrogens with one attached hydrogen (secondary N) is 1. The lowest BCUT2D eigenvalue weighted by Gasteiger charge is -2.20. The van der Waals surface area contributed by atoms with Gasteiger partial charge in [-0.15, -0.1) is 0 Å². The molecule has 132 valence electrons. The molecule has 0 radical (unpaired) electrons. The molecule has 0 unspecified atom stereocenters. The lowest BCUT2D eigenvalue weighted by atomic mass is 10.1. The van der Waals surface area contributed by atoms with Crippen molar-refractivity contribution in [2.45, 2.75) is 12.5 Å². The van der Waals surface area contributed by atoms with Gasteiger partial charge in [-0.1, -0.05) is 23.9 Å². The second-order valence-electron chi connectivity index (χ2n) is 5.80. The fraction of sp³-hybridized carbons (Fsp3) is 0.353. The first-order valence-corrected chi connectivity index (χ1v) is 8.97. The number of rotatable bonds is 6. The van der Waals surface area contributed by atoms with Gasteiger partial charge in [0.2, 0.25) is 5.91 Å². The maximum Gasteiger partial charge on any atom is 0.281 e. The third-order valence-electron chi connectivity index (χ3n) is 4.06. The molecule has 3 rings (SSSR count). The van der Waals surface area contributed by atoms with Crippen molar-refractivity contribution in [2.24, 2.45) is 7.05 Å². The zero-order valence-electron chi connectivity index (χ0n) is 13.8. The quantitative estimate of drug-likeness (QED) is 0.856. The summed E-state index contributed by atoms with van der Waals surface area (Å²) in [4.78, 5) is 29.9. The van der Waals surface area contributed by atoms with Gasteiger partial charge in [0.05, 0.1) is 0 Å². The molecule has 1 aliphatic heterocycles. The predicted octanol–water partition coefficient (Wildman–Crippen LogP) is 2.32. The molecule has 2 aromatic rings. The average Bonchev–Trinajstić information content (AvgIpc) is 3.19. The monoisotopic (exact) mass is 362 g/mol. The highest BCUT2D eigenvalue weighted by Gasteiger charge is 2.24. The first kappa shape index (κ1) is 17.5. The predicted molar refractivity (Wildman–Crippen MR) is 93.6 cm³/mol. The van der Waals surface area contributed by atoms with Crippen LogP contribution < -0.4 is 5.32 Å². The Hall–Kier alpha value is -2.35. The highest BCUT2D eigenvalue weighted by molar-refractivity contribution is 8.13. The summed E-state index contributed by atoms with van der Waals surface area (Å²) in [5.41, 5.74) is 0.621. The Kier molecular flexibility index (Phi) is 5.37. The number of aromatic nitrogens is 2. The number of hydrogen-bond donors (Lipinski definition) is 1. The Morgan fingerprint density at radius 3 is 2.96 bits per heavy atom. The smallest absolute Gasteiger partial charge is 0.281 e. The molecule has 0 saturated carbocycles. The molecule has 6 nitrogen and oxygen atoms in total. The molecule has 1 aromatic heterocycles. The van der Waals surface area contributed by atoms with E-state index in [2.05, 4.69) is 10.3 Å². The van der Waals surface area contributed by atoms with Gasteiger partial charge in [-0.25, -0.2) is 9.37 Å². The Labute approximate surface area is 149 Å². The number of carbonyl (C=O) groups excluding carboxylic acids is 2. The fourth-order valence-corrected chi connectivity index (χ4v) is 3.59. The molecule has 1 N–H and O–H groups in total. The van der Waals surface area contributed by atoms with Crippen LogP contribution in [-0.4, -0.2) is 44.4 Å². The van der Waals surface area contributed by atoms with Crippen LogP contribution in [0.25, 0.3) is 0 Å². The van der Waals surface area contributed by atoms with E-state index >= 15 is 0 Å². The van der Waals surface area contributed by atoms with E-state index in [0.717, 1.165) is 5.75 Å². The van der Waals surface area contributed by atoms with Crippen molar-refractivity contribution in [1.29, 1.82) is 0 Å². The summed E-state index contributed by atoms with van der Waals surface area (Å²) in [5, 5.41) is 2.92. The maximum atomic E-state index is 13.6. The number of nitrogens with zero attached hydrogens (tertiary/aromatic N) is 3. The van der Waals surface area contributed by atoms with Crippen LogP contribution in [-0.2, 0) is 11.8 Å². The molecule has 25 heavy (non-hydrogen) atoms. The van der Waals surface area contributed by atoms with Crippen molar-refractivity contribution in [3.63, 3.8) is 0 Å². The number of imidazole rings is 1. The molecule has 0 aliphatic carbocycles. The molecular formula is C17H19FN4O2S. The van der Waals surface area contributed by atoms with E-state index < -0.39 is 6.04 Å². The molecule has 1 atom stereocenters. The molecule has 1 aliphatic rings. The van der Waals surface area contributed by atoms with E-state index in [-0.39, 0.29) is 23.4 Å². The molecule has 2 heterocycles. The molecule has 2 amide bonds. The first-order valence-electron chi connectivity index (χ1n) is 7.98. The lowest BCUT2D eigenvalue weighted by molar-refractivity contribution is -0.121. The van der Waals surface area contributed by atoms with Gasteiger partial charge in [-0.3, -0.25) is 9.59 Å². The highest BCUT2D eigenvalue weighted by Crippen LogP contribution is 2.22. The summed E-state index contributed by atoms with van der Waals surface area (Å²) in [6.45, 7) is 1.05. The van der Waals surface area contributed by atoms with E-state index in [0.29, 0.717) is 24.5 Å². The van der Waals surface area contributed by atoms with Crippen LogP contribution in [0.5, 0.6) is 0 Å². The van der Waals surface area contributed by atoms with Crippen molar-refractivity contribution in [2.75, 3.05) is 18.8 Å². The van der Waals surface area contributed by atoms with Crippen molar-refractivity contribution >= 4 is 22.9 Å². The SMILES string of the molecule is Cn1ccnc1[C@H](NC(=O)CCN1CCSC1=O)c1cccc(F)c1. The van der Waals surface area contributed by atoms with Gasteiger partial charge >= 0.3 is 0 Å². The summed E-state index contributed by atoms with van der Waals surface area (Å²) in [6.07, 6.45) is 3.60. The van der Waals surface area contributed by atoms with Gasteiger partial charge in [-0.2, -0.15) is 0 Å². The minimum atomic E-state index is -0.549. The molecule has 8 heteroatoms. The molecule has 1 saturated heterocycles. The number of carbonyl (C=O) groups is 2. The Balaban J connectivity index is 1.72. The van der Waals surface area contributed by atoms with E-state index in [1.807, 2.05) is 7.05 Å². The molecule has 1 aromatic carbocycles. The number of amides is 2. The second-order valence-corrected chi connectivity index (χ2v) is 6.85. The van der Waals surface area contributed by atoms with E-state index in [1.54, 1.807) is 34.0 Å². The third kappa shape index (κ3) is 4.19. The summed E-state index contributed by atoms with van der Waals surface area (Å²) >= 11 is 1.27. The minimum absolute atomic E-state index is 0.0126. The lowest BCUT2D eigenvalue weighted by Crippen LogP contribution is -2.34. The van der Waals surface area contributed by atoms with Gasteiger partial charge in [-0.05, 0) is 17.7 Å². The standard InChI is InChI=1S/C17H19FN4O2S/c1-21-8-6-19-16(21)15(12-3-2-4-13(18)11-12)20-14(23)5-7-22-9-10-25-17(22)24/h2-4,6,8,11,15H,5,7,9-10H2,1H3,(H,20,23)/t15-/m1/s1. The normalized spacial score (nSPS) is 15.4. The van der Waals surface area contributed by atoms with Gasteiger partial charge < -0.3 is 14.8 Å². The Bertz CT molecular complexity index is 780. The van der Waals surface area contributed by atoms with Crippen LogP contribution in [0.15, 0.2) is 36.7 Å². The fourth-order valence-electron chi connectivity index (χ4n) is 2.74. The summed E-state index contributed by atoms with van der Waals surface area (Å²) < 4.78 is 15.4. The van der Waals surface area contributed by atoms with Crippen molar-refractivity contribution in [3.8, 4) is 0 Å². The number of halogens is 1. The van der Waals surface area contributed by atoms with Crippen molar-refractivity contribution in [1.82, 2.24) is 19.8 Å². The average molecular weight is 362 g/mol. The van der Waals surface area contributed by atoms with Crippen LogP contribution in [0.3, 0.4) is 0 Å². The minimum Gasteiger partial charge on any atom is -0.342 e. The number of hydrogen-bond acceptors (Lipinski definition) is 4. The summed E-state index contributed by atoms with van der Waals surface area (Å²) in [7, 11) is 1.82. The van der Waals surface area contributed by atoms with Crippen LogP contribution in [0.1, 0.15) is 23.9 Å².